The highest BCUT2D eigenvalue weighted by molar-refractivity contribution is 5.76. The minimum absolute atomic E-state index is 0.453. The van der Waals surface area contributed by atoms with Crippen LogP contribution in [0.5, 0.6) is 0 Å². The Labute approximate surface area is 108 Å². The second-order valence-corrected chi connectivity index (χ2v) is 5.11. The summed E-state index contributed by atoms with van der Waals surface area (Å²) in [5.74, 6) is 1.24. The normalized spacial score (nSPS) is 19.7. The summed E-state index contributed by atoms with van der Waals surface area (Å²) in [6, 6.07) is 8.95. The third kappa shape index (κ3) is 2.03. The van der Waals surface area contributed by atoms with Gasteiger partial charge in [0.25, 0.3) is 0 Å². The van der Waals surface area contributed by atoms with E-state index in [-0.39, 0.29) is 0 Å². The third-order valence-electron chi connectivity index (χ3n) is 3.79. The van der Waals surface area contributed by atoms with E-state index < -0.39 is 0 Å². The Morgan fingerprint density at radius 2 is 2.28 bits per heavy atom. The summed E-state index contributed by atoms with van der Waals surface area (Å²) in [6.07, 6.45) is 4.93. The van der Waals surface area contributed by atoms with Gasteiger partial charge in [0.15, 0.2) is 0 Å². The molecule has 2 aromatic rings. The van der Waals surface area contributed by atoms with Crippen molar-refractivity contribution in [2.24, 2.45) is 0 Å². The number of fused-ring (bicyclic) bond motifs is 1. The molecule has 1 aliphatic heterocycles. The second kappa shape index (κ2) is 5.11. The largest absolute Gasteiger partial charge is 0.327 e. The van der Waals surface area contributed by atoms with Gasteiger partial charge in [-0.3, -0.25) is 0 Å². The minimum Gasteiger partial charge on any atom is -0.327 e. The lowest BCUT2D eigenvalue weighted by atomic mass is 10.2. The molecule has 18 heavy (non-hydrogen) atoms. The maximum absolute atomic E-state index is 4.85. The van der Waals surface area contributed by atoms with Crippen molar-refractivity contribution in [1.82, 2.24) is 14.9 Å². The van der Waals surface area contributed by atoms with Crippen molar-refractivity contribution >= 4 is 11.0 Å². The third-order valence-corrected chi connectivity index (χ3v) is 3.79. The standard InChI is InChI=1S/C15H21N3/c1-2-3-11-18-14-9-5-4-7-12(14)17-15(18)13-8-6-10-16-13/h4-5,7,9,13,16H,2-3,6,8,10-11H2,1H3. The lowest BCUT2D eigenvalue weighted by Crippen LogP contribution is -2.18. The number of aryl methyl sites for hydroxylation is 1. The summed E-state index contributed by atoms with van der Waals surface area (Å²) in [7, 11) is 0. The molecule has 1 aromatic heterocycles. The van der Waals surface area contributed by atoms with Crippen molar-refractivity contribution in [3.8, 4) is 0 Å². The molecule has 3 heteroatoms. The molecule has 0 saturated carbocycles. The number of rotatable bonds is 4. The van der Waals surface area contributed by atoms with Gasteiger partial charge in [-0.05, 0) is 37.9 Å². The Morgan fingerprint density at radius 1 is 1.39 bits per heavy atom. The van der Waals surface area contributed by atoms with Crippen molar-refractivity contribution in [2.75, 3.05) is 6.54 Å². The molecular weight excluding hydrogens is 222 g/mol. The number of nitrogens with zero attached hydrogens (tertiary/aromatic N) is 2. The summed E-state index contributed by atoms with van der Waals surface area (Å²) >= 11 is 0. The molecule has 1 aliphatic rings. The van der Waals surface area contributed by atoms with Crippen LogP contribution >= 0.6 is 0 Å². The van der Waals surface area contributed by atoms with Gasteiger partial charge in [-0.2, -0.15) is 0 Å². The van der Waals surface area contributed by atoms with Crippen LogP contribution in [0.2, 0.25) is 0 Å². The van der Waals surface area contributed by atoms with E-state index in [1.54, 1.807) is 0 Å². The predicted molar refractivity (Wildman–Crippen MR) is 74.6 cm³/mol. The van der Waals surface area contributed by atoms with Crippen LogP contribution in [-0.4, -0.2) is 16.1 Å². The molecule has 3 nitrogen and oxygen atoms in total. The molecule has 0 amide bonds. The van der Waals surface area contributed by atoms with Crippen LogP contribution in [0.4, 0.5) is 0 Å². The minimum atomic E-state index is 0.453. The molecule has 1 fully saturated rings. The van der Waals surface area contributed by atoms with Crippen LogP contribution in [0.1, 0.15) is 44.5 Å². The first-order chi connectivity index (χ1) is 8.90. The molecular formula is C15H21N3. The first-order valence-electron chi connectivity index (χ1n) is 7.08. The van der Waals surface area contributed by atoms with Gasteiger partial charge in [0, 0.05) is 6.54 Å². The van der Waals surface area contributed by atoms with E-state index in [4.69, 9.17) is 4.98 Å². The Bertz CT molecular complexity index is 524. The number of para-hydroxylation sites is 2. The lowest BCUT2D eigenvalue weighted by Gasteiger charge is -2.13. The van der Waals surface area contributed by atoms with Crippen molar-refractivity contribution in [3.63, 3.8) is 0 Å². The molecule has 3 rings (SSSR count). The number of hydrogen-bond acceptors (Lipinski definition) is 2. The van der Waals surface area contributed by atoms with Gasteiger partial charge in [-0.25, -0.2) is 4.98 Å². The van der Waals surface area contributed by atoms with Gasteiger partial charge < -0.3 is 9.88 Å². The first kappa shape index (κ1) is 11.7. The molecule has 0 bridgehead atoms. The van der Waals surface area contributed by atoms with E-state index in [0.29, 0.717) is 6.04 Å². The highest BCUT2D eigenvalue weighted by atomic mass is 15.1. The van der Waals surface area contributed by atoms with Crippen LogP contribution in [-0.2, 0) is 6.54 Å². The average Bonchev–Trinajstić information content (AvgIpc) is 3.03. The summed E-state index contributed by atoms with van der Waals surface area (Å²) in [5.41, 5.74) is 2.42. The highest BCUT2D eigenvalue weighted by Crippen LogP contribution is 2.26. The zero-order valence-corrected chi connectivity index (χ0v) is 11.0. The van der Waals surface area contributed by atoms with E-state index in [0.717, 1.165) is 18.6 Å². The second-order valence-electron chi connectivity index (χ2n) is 5.11. The molecule has 1 N–H and O–H groups in total. The average molecular weight is 243 g/mol. The summed E-state index contributed by atoms with van der Waals surface area (Å²) < 4.78 is 2.42. The number of nitrogens with one attached hydrogen (secondary N) is 1. The Morgan fingerprint density at radius 3 is 3.06 bits per heavy atom. The van der Waals surface area contributed by atoms with Crippen LogP contribution < -0.4 is 5.32 Å². The van der Waals surface area contributed by atoms with E-state index >= 15 is 0 Å². The SMILES string of the molecule is CCCCn1c(C2CCCN2)nc2ccccc21. The van der Waals surface area contributed by atoms with Gasteiger partial charge in [0.1, 0.15) is 5.82 Å². The molecule has 0 spiro atoms. The Kier molecular flexibility index (Phi) is 3.33. The van der Waals surface area contributed by atoms with Crippen molar-refractivity contribution < 1.29 is 0 Å². The van der Waals surface area contributed by atoms with Crippen LogP contribution in [0.15, 0.2) is 24.3 Å². The predicted octanol–water partition coefficient (Wildman–Crippen LogP) is 3.26. The number of unbranched alkanes of at least 4 members (excludes halogenated alkanes) is 1. The fraction of sp³-hybridized carbons (Fsp3) is 0.533. The van der Waals surface area contributed by atoms with E-state index in [9.17, 15) is 0 Å². The number of imidazole rings is 1. The van der Waals surface area contributed by atoms with E-state index in [2.05, 4.69) is 41.1 Å². The van der Waals surface area contributed by atoms with Crippen LogP contribution in [0, 0.1) is 0 Å². The number of benzene rings is 1. The summed E-state index contributed by atoms with van der Waals surface area (Å²) in [5, 5.41) is 3.57. The first-order valence-corrected chi connectivity index (χ1v) is 7.08. The fourth-order valence-electron chi connectivity index (χ4n) is 2.82. The van der Waals surface area contributed by atoms with Crippen molar-refractivity contribution in [2.45, 2.75) is 45.2 Å². The van der Waals surface area contributed by atoms with Gasteiger partial charge in [-0.15, -0.1) is 0 Å². The smallest absolute Gasteiger partial charge is 0.127 e. The number of aromatic nitrogens is 2. The highest BCUT2D eigenvalue weighted by Gasteiger charge is 2.22. The van der Waals surface area contributed by atoms with Crippen LogP contribution in [0.3, 0.4) is 0 Å². The van der Waals surface area contributed by atoms with Crippen molar-refractivity contribution in [1.29, 1.82) is 0 Å². The molecule has 1 saturated heterocycles. The molecule has 96 valence electrons. The summed E-state index contributed by atoms with van der Waals surface area (Å²) in [6.45, 7) is 4.46. The zero-order chi connectivity index (χ0) is 12.4. The monoisotopic (exact) mass is 243 g/mol. The molecule has 1 aromatic carbocycles. The lowest BCUT2D eigenvalue weighted by molar-refractivity contribution is 0.539. The van der Waals surface area contributed by atoms with Gasteiger partial charge in [0.2, 0.25) is 0 Å². The molecule has 1 atom stereocenters. The van der Waals surface area contributed by atoms with E-state index in [1.165, 1.54) is 37.0 Å². The van der Waals surface area contributed by atoms with Gasteiger partial charge >= 0.3 is 0 Å². The Hall–Kier alpha value is -1.35. The fourth-order valence-corrected chi connectivity index (χ4v) is 2.82. The quantitative estimate of drug-likeness (QED) is 0.893. The van der Waals surface area contributed by atoms with Gasteiger partial charge in [0.05, 0.1) is 17.1 Å². The van der Waals surface area contributed by atoms with Crippen LogP contribution in [0.25, 0.3) is 11.0 Å². The molecule has 2 heterocycles. The molecule has 0 aliphatic carbocycles. The maximum atomic E-state index is 4.85. The number of hydrogen-bond donors (Lipinski definition) is 1. The van der Waals surface area contributed by atoms with E-state index in [1.807, 2.05) is 0 Å². The molecule has 0 radical (unpaired) electrons. The van der Waals surface area contributed by atoms with Gasteiger partial charge in [-0.1, -0.05) is 25.5 Å². The molecule has 1 unspecified atom stereocenters. The van der Waals surface area contributed by atoms with Crippen molar-refractivity contribution in [3.05, 3.63) is 30.1 Å². The Balaban J connectivity index is 2.04. The zero-order valence-electron chi connectivity index (χ0n) is 11.0. The summed E-state index contributed by atoms with van der Waals surface area (Å²) in [4.78, 5) is 4.85. The maximum Gasteiger partial charge on any atom is 0.127 e. The topological polar surface area (TPSA) is 29.9 Å².